The zero-order valence-electron chi connectivity index (χ0n) is 13.4. The van der Waals surface area contributed by atoms with Crippen LogP contribution in [0.5, 0.6) is 0 Å². The Hall–Kier alpha value is -0.890. The third kappa shape index (κ3) is 6.17. The van der Waals surface area contributed by atoms with Gasteiger partial charge >= 0.3 is 6.09 Å². The first-order valence-corrected chi connectivity index (χ1v) is 7.26. The van der Waals surface area contributed by atoms with E-state index >= 15 is 0 Å². The van der Waals surface area contributed by atoms with E-state index < -0.39 is 11.7 Å². The number of hydrogen-bond acceptors (Lipinski definition) is 6. The fraction of sp³-hybridized carbons (Fsp3) is 0.929. The normalized spacial score (nSPS) is 22.2. The molecule has 124 valence electrons. The summed E-state index contributed by atoms with van der Waals surface area (Å²) in [6.07, 6.45) is -0.963. The first-order valence-electron chi connectivity index (χ1n) is 7.26. The number of aliphatic hydroxyl groups is 2. The lowest BCUT2D eigenvalue weighted by Crippen LogP contribution is -2.58. The third-order valence-electron chi connectivity index (χ3n) is 3.27. The molecule has 0 aliphatic carbocycles. The molecule has 0 unspecified atom stereocenters. The highest BCUT2D eigenvalue weighted by Crippen LogP contribution is 2.15. The summed E-state index contributed by atoms with van der Waals surface area (Å²) in [7, 11) is 1.53. The molecule has 1 saturated heterocycles. The monoisotopic (exact) mass is 304 g/mol. The number of β-amino-alcohol motifs (C(OH)–C–C–N with tert-alkyl or cyclic N) is 1. The summed E-state index contributed by atoms with van der Waals surface area (Å²) >= 11 is 0. The predicted octanol–water partition coefficient (Wildman–Crippen LogP) is -0.0927. The molecular weight excluding hydrogens is 276 g/mol. The van der Waals surface area contributed by atoms with E-state index in [1.54, 1.807) is 4.90 Å². The van der Waals surface area contributed by atoms with Crippen LogP contribution < -0.4 is 0 Å². The van der Waals surface area contributed by atoms with Crippen molar-refractivity contribution in [3.05, 3.63) is 0 Å². The molecule has 2 atom stereocenters. The number of piperazine rings is 1. The smallest absolute Gasteiger partial charge is 0.410 e. The average Bonchev–Trinajstić information content (AvgIpc) is 2.37. The first kappa shape index (κ1) is 18.2. The van der Waals surface area contributed by atoms with E-state index in [-0.39, 0.29) is 25.3 Å². The van der Waals surface area contributed by atoms with Gasteiger partial charge in [-0.05, 0) is 20.8 Å². The summed E-state index contributed by atoms with van der Waals surface area (Å²) in [5.74, 6) is 0. The van der Waals surface area contributed by atoms with Gasteiger partial charge in [-0.2, -0.15) is 0 Å². The lowest BCUT2D eigenvalue weighted by atomic mass is 10.1. The molecule has 1 aliphatic heterocycles. The van der Waals surface area contributed by atoms with Crippen LogP contribution in [0, 0.1) is 0 Å². The van der Waals surface area contributed by atoms with Crippen LogP contribution in [0.4, 0.5) is 4.79 Å². The number of nitrogens with zero attached hydrogens (tertiary/aromatic N) is 2. The number of ether oxygens (including phenoxy) is 2. The van der Waals surface area contributed by atoms with Gasteiger partial charge in [-0.25, -0.2) is 4.79 Å². The second-order valence-electron chi connectivity index (χ2n) is 6.37. The number of rotatable bonds is 5. The topological polar surface area (TPSA) is 82.5 Å². The van der Waals surface area contributed by atoms with E-state index in [1.165, 1.54) is 7.11 Å². The van der Waals surface area contributed by atoms with Crippen LogP contribution in [-0.2, 0) is 9.47 Å². The Labute approximate surface area is 126 Å². The van der Waals surface area contributed by atoms with Crippen LogP contribution in [0.25, 0.3) is 0 Å². The van der Waals surface area contributed by atoms with Crippen LogP contribution in [0.1, 0.15) is 20.8 Å². The molecule has 0 spiro atoms. The zero-order valence-corrected chi connectivity index (χ0v) is 13.4. The largest absolute Gasteiger partial charge is 0.444 e. The maximum atomic E-state index is 12.0. The van der Waals surface area contributed by atoms with Crippen molar-refractivity contribution >= 4 is 6.09 Å². The average molecular weight is 304 g/mol. The van der Waals surface area contributed by atoms with Gasteiger partial charge in [0.05, 0.1) is 25.4 Å². The van der Waals surface area contributed by atoms with Gasteiger partial charge < -0.3 is 24.6 Å². The molecule has 0 saturated carbocycles. The van der Waals surface area contributed by atoms with Crippen molar-refractivity contribution in [1.29, 1.82) is 0 Å². The molecule has 2 N–H and O–H groups in total. The Morgan fingerprint density at radius 1 is 1.38 bits per heavy atom. The minimum Gasteiger partial charge on any atom is -0.444 e. The van der Waals surface area contributed by atoms with Crippen molar-refractivity contribution in [1.82, 2.24) is 9.80 Å². The first-order chi connectivity index (χ1) is 9.76. The SMILES string of the molecule is COC[C@@H](O)CN1CCN(C(=O)OC(C)(C)C)C[C@H]1CO. The Bertz CT molecular complexity index is 332. The second-order valence-corrected chi connectivity index (χ2v) is 6.37. The van der Waals surface area contributed by atoms with Crippen LogP contribution in [0.2, 0.25) is 0 Å². The molecule has 21 heavy (non-hydrogen) atoms. The van der Waals surface area contributed by atoms with Crippen molar-refractivity contribution in [3.63, 3.8) is 0 Å². The van der Waals surface area contributed by atoms with Gasteiger partial charge in [-0.15, -0.1) is 0 Å². The molecule has 1 heterocycles. The van der Waals surface area contributed by atoms with Gasteiger partial charge in [0, 0.05) is 33.3 Å². The van der Waals surface area contributed by atoms with Gasteiger partial charge in [0.25, 0.3) is 0 Å². The van der Waals surface area contributed by atoms with Crippen LogP contribution >= 0.6 is 0 Å². The lowest BCUT2D eigenvalue weighted by molar-refractivity contribution is -0.0243. The minimum absolute atomic E-state index is 0.0704. The molecule has 0 aromatic carbocycles. The summed E-state index contributed by atoms with van der Waals surface area (Å²) in [6, 6.07) is -0.197. The molecule has 0 radical (unpaired) electrons. The highest BCUT2D eigenvalue weighted by atomic mass is 16.6. The molecular formula is C14H28N2O5. The number of aliphatic hydroxyl groups excluding tert-OH is 2. The second kappa shape index (κ2) is 7.93. The lowest BCUT2D eigenvalue weighted by Gasteiger charge is -2.41. The molecule has 0 aromatic heterocycles. The fourth-order valence-electron chi connectivity index (χ4n) is 2.31. The minimum atomic E-state index is -0.600. The standard InChI is InChI=1S/C14H28N2O5/c1-14(2,3)21-13(19)16-6-5-15(11(7-16)9-17)8-12(18)10-20-4/h11-12,17-18H,5-10H2,1-4H3/t11-,12-/m0/s1. The highest BCUT2D eigenvalue weighted by molar-refractivity contribution is 5.68. The van der Waals surface area contributed by atoms with Crippen LogP contribution in [0.15, 0.2) is 0 Å². The quantitative estimate of drug-likeness (QED) is 0.738. The van der Waals surface area contributed by atoms with Crippen LogP contribution in [-0.4, -0.2) is 90.4 Å². The highest BCUT2D eigenvalue weighted by Gasteiger charge is 2.32. The van der Waals surface area contributed by atoms with E-state index in [2.05, 4.69) is 0 Å². The van der Waals surface area contributed by atoms with Crippen molar-refractivity contribution in [2.75, 3.05) is 46.5 Å². The van der Waals surface area contributed by atoms with E-state index in [9.17, 15) is 15.0 Å². The number of methoxy groups -OCH3 is 1. The van der Waals surface area contributed by atoms with E-state index in [1.807, 2.05) is 25.7 Å². The van der Waals surface area contributed by atoms with Crippen LogP contribution in [0.3, 0.4) is 0 Å². The third-order valence-corrected chi connectivity index (χ3v) is 3.27. The number of amides is 1. The Kier molecular flexibility index (Phi) is 6.86. The maximum Gasteiger partial charge on any atom is 0.410 e. The van der Waals surface area contributed by atoms with Gasteiger partial charge in [-0.3, -0.25) is 4.90 Å². The molecule has 1 amide bonds. The number of carbonyl (C=O) groups is 1. The molecule has 1 fully saturated rings. The van der Waals surface area contributed by atoms with Crippen molar-refractivity contribution in [2.24, 2.45) is 0 Å². The van der Waals surface area contributed by atoms with Crippen molar-refractivity contribution in [2.45, 2.75) is 38.5 Å². The summed E-state index contributed by atoms with van der Waals surface area (Å²) in [5.41, 5.74) is -0.530. The number of hydrogen-bond donors (Lipinski definition) is 2. The van der Waals surface area contributed by atoms with Gasteiger partial charge in [0.15, 0.2) is 0 Å². The molecule has 7 nitrogen and oxygen atoms in total. The van der Waals surface area contributed by atoms with Crippen molar-refractivity contribution < 1.29 is 24.5 Å². The molecule has 0 aromatic rings. The van der Waals surface area contributed by atoms with E-state index in [0.717, 1.165) is 0 Å². The molecule has 1 aliphatic rings. The molecule has 7 heteroatoms. The predicted molar refractivity (Wildman–Crippen MR) is 78.1 cm³/mol. The number of carbonyl (C=O) groups excluding carboxylic acids is 1. The fourth-order valence-corrected chi connectivity index (χ4v) is 2.31. The van der Waals surface area contributed by atoms with E-state index in [4.69, 9.17) is 9.47 Å². The Morgan fingerprint density at radius 3 is 2.57 bits per heavy atom. The Balaban J connectivity index is 2.54. The van der Waals surface area contributed by atoms with Crippen molar-refractivity contribution in [3.8, 4) is 0 Å². The summed E-state index contributed by atoms with van der Waals surface area (Å²) in [6.45, 7) is 7.58. The Morgan fingerprint density at radius 2 is 2.05 bits per heavy atom. The molecule has 1 rings (SSSR count). The zero-order chi connectivity index (χ0) is 16.0. The van der Waals surface area contributed by atoms with E-state index in [0.29, 0.717) is 26.2 Å². The maximum absolute atomic E-state index is 12.0. The van der Waals surface area contributed by atoms with Gasteiger partial charge in [0.1, 0.15) is 5.60 Å². The summed E-state index contributed by atoms with van der Waals surface area (Å²) in [4.78, 5) is 15.6. The molecule has 0 bridgehead atoms. The summed E-state index contributed by atoms with van der Waals surface area (Å²) < 4.78 is 10.2. The van der Waals surface area contributed by atoms with Gasteiger partial charge in [-0.1, -0.05) is 0 Å². The summed E-state index contributed by atoms with van der Waals surface area (Å²) in [5, 5.41) is 19.3. The van der Waals surface area contributed by atoms with Gasteiger partial charge in [0.2, 0.25) is 0 Å².